The van der Waals surface area contributed by atoms with Crippen molar-refractivity contribution < 1.29 is 14.7 Å². The molecule has 1 aromatic rings. The second kappa shape index (κ2) is 6.04. The van der Waals surface area contributed by atoms with Crippen LogP contribution in [0.2, 0.25) is 5.02 Å². The Balaban J connectivity index is 2.08. The zero-order chi connectivity index (χ0) is 13.8. The summed E-state index contributed by atoms with van der Waals surface area (Å²) < 4.78 is 0. The normalized spacial score (nSPS) is 18.9. The average molecular weight is 283 g/mol. The van der Waals surface area contributed by atoms with Crippen molar-refractivity contribution in [3.63, 3.8) is 0 Å². The van der Waals surface area contributed by atoms with Crippen molar-refractivity contribution in [1.82, 2.24) is 5.32 Å². The van der Waals surface area contributed by atoms with Gasteiger partial charge in [-0.1, -0.05) is 11.6 Å². The molecule has 2 rings (SSSR count). The number of anilines is 1. The fraction of sp³-hybridized carbons (Fsp3) is 0.385. The van der Waals surface area contributed by atoms with Crippen LogP contribution >= 0.6 is 11.6 Å². The minimum Gasteiger partial charge on any atom is -0.478 e. The topological polar surface area (TPSA) is 78.4 Å². The van der Waals surface area contributed by atoms with E-state index in [0.29, 0.717) is 12.2 Å². The minimum absolute atomic E-state index is 0.0127. The molecule has 0 unspecified atom stereocenters. The van der Waals surface area contributed by atoms with Crippen molar-refractivity contribution in [3.8, 4) is 0 Å². The Bertz CT molecular complexity index is 499. The molecule has 3 N–H and O–H groups in total. The molecule has 1 atom stereocenters. The van der Waals surface area contributed by atoms with Crippen LogP contribution in [-0.2, 0) is 4.79 Å². The zero-order valence-electron chi connectivity index (χ0n) is 10.3. The van der Waals surface area contributed by atoms with E-state index in [9.17, 15) is 9.59 Å². The van der Waals surface area contributed by atoms with Gasteiger partial charge in [0.1, 0.15) is 0 Å². The molecule has 1 heterocycles. The molecule has 0 aliphatic carbocycles. The fourth-order valence-electron chi connectivity index (χ4n) is 2.09. The highest BCUT2D eigenvalue weighted by Crippen LogP contribution is 2.21. The number of piperidine rings is 1. The molecule has 0 aromatic heterocycles. The molecule has 1 fully saturated rings. The number of amides is 1. The number of carboxylic acid groups (broad SMARTS) is 1. The summed E-state index contributed by atoms with van der Waals surface area (Å²) in [5, 5.41) is 15.0. The van der Waals surface area contributed by atoms with Gasteiger partial charge in [0.15, 0.2) is 0 Å². The maximum Gasteiger partial charge on any atom is 0.337 e. The Labute approximate surface area is 116 Å². The van der Waals surface area contributed by atoms with Gasteiger partial charge in [-0.15, -0.1) is 0 Å². The van der Waals surface area contributed by atoms with Crippen LogP contribution < -0.4 is 10.6 Å². The Kier molecular flexibility index (Phi) is 4.39. The van der Waals surface area contributed by atoms with E-state index in [0.717, 1.165) is 19.4 Å². The summed E-state index contributed by atoms with van der Waals surface area (Å²) in [6.45, 7) is 1.60. The van der Waals surface area contributed by atoms with Crippen molar-refractivity contribution in [2.75, 3.05) is 18.4 Å². The predicted octanol–water partition coefficient (Wildman–Crippen LogP) is 1.98. The summed E-state index contributed by atoms with van der Waals surface area (Å²) in [7, 11) is 0. The highest BCUT2D eigenvalue weighted by atomic mass is 35.5. The van der Waals surface area contributed by atoms with Crippen LogP contribution in [0.4, 0.5) is 5.69 Å². The highest BCUT2D eigenvalue weighted by Gasteiger charge is 2.21. The van der Waals surface area contributed by atoms with Crippen LogP contribution in [0.1, 0.15) is 23.2 Å². The first-order valence-corrected chi connectivity index (χ1v) is 6.50. The van der Waals surface area contributed by atoms with Gasteiger partial charge in [0.2, 0.25) is 5.91 Å². The largest absolute Gasteiger partial charge is 0.478 e. The van der Waals surface area contributed by atoms with Gasteiger partial charge >= 0.3 is 5.97 Å². The standard InChI is InChI=1S/C13H15ClN2O3/c14-11-4-3-9(6-10(11)13(18)19)16-12(17)8-2-1-5-15-7-8/h3-4,6,8,15H,1-2,5,7H2,(H,16,17)(H,18,19)/t8-/m0/s1. The minimum atomic E-state index is -1.11. The molecule has 1 aromatic carbocycles. The number of rotatable bonds is 3. The number of carbonyl (C=O) groups excluding carboxylic acids is 1. The van der Waals surface area contributed by atoms with Gasteiger partial charge in [-0.3, -0.25) is 4.79 Å². The third-order valence-electron chi connectivity index (χ3n) is 3.13. The maximum absolute atomic E-state index is 12.0. The van der Waals surface area contributed by atoms with Crippen molar-refractivity contribution in [2.24, 2.45) is 5.92 Å². The summed E-state index contributed by atoms with van der Waals surface area (Å²) in [4.78, 5) is 23.0. The molecule has 102 valence electrons. The van der Waals surface area contributed by atoms with Crippen molar-refractivity contribution >= 4 is 29.2 Å². The van der Waals surface area contributed by atoms with Gasteiger partial charge in [-0.25, -0.2) is 4.79 Å². The van der Waals surface area contributed by atoms with Crippen LogP contribution in [0.3, 0.4) is 0 Å². The first kappa shape index (κ1) is 13.8. The Hall–Kier alpha value is -1.59. The number of aromatic carboxylic acids is 1. The molecule has 5 nitrogen and oxygen atoms in total. The number of carbonyl (C=O) groups is 2. The molecule has 0 spiro atoms. The van der Waals surface area contributed by atoms with E-state index in [-0.39, 0.29) is 22.4 Å². The summed E-state index contributed by atoms with van der Waals surface area (Å²) in [5.41, 5.74) is 0.443. The van der Waals surface area contributed by atoms with Gasteiger partial charge in [0.25, 0.3) is 0 Å². The summed E-state index contributed by atoms with van der Waals surface area (Å²) in [6.07, 6.45) is 1.82. The van der Waals surface area contributed by atoms with Gasteiger partial charge in [-0.2, -0.15) is 0 Å². The molecular weight excluding hydrogens is 268 g/mol. The Morgan fingerprint density at radius 1 is 1.42 bits per heavy atom. The lowest BCUT2D eigenvalue weighted by molar-refractivity contribution is -0.120. The molecule has 1 aliphatic rings. The fourth-order valence-corrected chi connectivity index (χ4v) is 2.29. The van der Waals surface area contributed by atoms with E-state index in [2.05, 4.69) is 10.6 Å². The second-order valence-corrected chi connectivity index (χ2v) is 4.94. The second-order valence-electron chi connectivity index (χ2n) is 4.53. The summed E-state index contributed by atoms with van der Waals surface area (Å²) in [6, 6.07) is 4.45. The molecule has 0 radical (unpaired) electrons. The third kappa shape index (κ3) is 3.45. The van der Waals surface area contributed by atoms with Crippen LogP contribution in [0, 0.1) is 5.92 Å². The number of hydrogen-bond donors (Lipinski definition) is 3. The van der Waals surface area contributed by atoms with E-state index >= 15 is 0 Å². The first-order valence-electron chi connectivity index (χ1n) is 6.12. The van der Waals surface area contributed by atoms with Gasteiger partial charge < -0.3 is 15.7 Å². The van der Waals surface area contributed by atoms with E-state index in [1.807, 2.05) is 0 Å². The number of hydrogen-bond acceptors (Lipinski definition) is 3. The number of nitrogens with one attached hydrogen (secondary N) is 2. The average Bonchev–Trinajstić information content (AvgIpc) is 2.41. The van der Waals surface area contributed by atoms with E-state index in [1.165, 1.54) is 12.1 Å². The number of carboxylic acids is 1. The quantitative estimate of drug-likeness (QED) is 0.792. The van der Waals surface area contributed by atoms with E-state index in [1.54, 1.807) is 6.07 Å². The lowest BCUT2D eigenvalue weighted by Gasteiger charge is -2.22. The van der Waals surface area contributed by atoms with Gasteiger partial charge in [0.05, 0.1) is 16.5 Å². The first-order chi connectivity index (χ1) is 9.08. The van der Waals surface area contributed by atoms with Crippen LogP contribution in [-0.4, -0.2) is 30.1 Å². The Morgan fingerprint density at radius 2 is 2.21 bits per heavy atom. The molecule has 6 heteroatoms. The van der Waals surface area contributed by atoms with Crippen molar-refractivity contribution in [3.05, 3.63) is 28.8 Å². The monoisotopic (exact) mass is 282 g/mol. The lowest BCUT2D eigenvalue weighted by Crippen LogP contribution is -2.37. The smallest absolute Gasteiger partial charge is 0.337 e. The molecule has 0 saturated carbocycles. The molecule has 0 bridgehead atoms. The van der Waals surface area contributed by atoms with Crippen LogP contribution in [0.25, 0.3) is 0 Å². The maximum atomic E-state index is 12.0. The van der Waals surface area contributed by atoms with E-state index in [4.69, 9.17) is 16.7 Å². The van der Waals surface area contributed by atoms with Gasteiger partial charge in [-0.05, 0) is 37.6 Å². The predicted molar refractivity (Wildman–Crippen MR) is 72.6 cm³/mol. The van der Waals surface area contributed by atoms with Gasteiger partial charge in [0, 0.05) is 12.2 Å². The molecule has 19 heavy (non-hydrogen) atoms. The summed E-state index contributed by atoms with van der Waals surface area (Å²) in [5.74, 6) is -1.27. The SMILES string of the molecule is O=C(O)c1cc(NC(=O)[C@H]2CCCNC2)ccc1Cl. The van der Waals surface area contributed by atoms with Crippen LogP contribution in [0.5, 0.6) is 0 Å². The van der Waals surface area contributed by atoms with Crippen LogP contribution in [0.15, 0.2) is 18.2 Å². The lowest BCUT2D eigenvalue weighted by atomic mass is 9.99. The van der Waals surface area contributed by atoms with Crippen molar-refractivity contribution in [2.45, 2.75) is 12.8 Å². The third-order valence-corrected chi connectivity index (χ3v) is 3.46. The molecule has 1 aliphatic heterocycles. The number of benzene rings is 1. The van der Waals surface area contributed by atoms with E-state index < -0.39 is 5.97 Å². The highest BCUT2D eigenvalue weighted by molar-refractivity contribution is 6.33. The molecule has 1 amide bonds. The summed E-state index contributed by atoms with van der Waals surface area (Å²) >= 11 is 5.77. The Morgan fingerprint density at radius 3 is 2.84 bits per heavy atom. The number of halogens is 1. The molecular formula is C13H15ClN2O3. The molecule has 1 saturated heterocycles. The van der Waals surface area contributed by atoms with Crippen molar-refractivity contribution in [1.29, 1.82) is 0 Å². The zero-order valence-corrected chi connectivity index (χ0v) is 11.0.